The van der Waals surface area contributed by atoms with Crippen LogP contribution in [0.15, 0.2) is 0 Å². The highest BCUT2D eigenvalue weighted by Crippen LogP contribution is 2.07. The first-order chi connectivity index (χ1) is 9.49. The number of carbonyl (C=O) groups excluding carboxylic acids is 2. The van der Waals surface area contributed by atoms with Gasteiger partial charge in [-0.25, -0.2) is 9.59 Å². The highest BCUT2D eigenvalue weighted by molar-refractivity contribution is 5.89. The van der Waals surface area contributed by atoms with Crippen LogP contribution in [0.1, 0.15) is 60.8 Å². The molecule has 0 aliphatic carbocycles. The molecule has 0 heterocycles. The Kier molecular flexibility index (Phi) is 7.60. The summed E-state index contributed by atoms with van der Waals surface area (Å²) in [6, 6.07) is 0. The highest BCUT2D eigenvalue weighted by Gasteiger charge is 2.14. The van der Waals surface area contributed by atoms with Gasteiger partial charge in [0.2, 0.25) is 0 Å². The summed E-state index contributed by atoms with van der Waals surface area (Å²) >= 11 is 0. The third kappa shape index (κ3) is 14.3. The van der Waals surface area contributed by atoms with Gasteiger partial charge in [-0.2, -0.15) is 0 Å². The van der Waals surface area contributed by atoms with Crippen LogP contribution in [0.3, 0.4) is 0 Å². The molecule has 116 valence electrons. The molecule has 0 aromatic carbocycles. The fourth-order valence-corrected chi connectivity index (χ4v) is 1.14. The molecule has 0 bridgehead atoms. The van der Waals surface area contributed by atoms with E-state index in [1.54, 1.807) is 41.5 Å². The number of esters is 2. The van der Waals surface area contributed by atoms with E-state index in [0.717, 1.165) is 0 Å². The molecule has 0 fully saturated rings. The second kappa shape index (κ2) is 8.37. The molecule has 4 nitrogen and oxygen atoms in total. The molecule has 0 aliphatic heterocycles. The van der Waals surface area contributed by atoms with Gasteiger partial charge in [0, 0.05) is 24.7 Å². The summed E-state index contributed by atoms with van der Waals surface area (Å²) in [6.45, 7) is 10.7. The third-order valence-corrected chi connectivity index (χ3v) is 1.78. The van der Waals surface area contributed by atoms with Crippen LogP contribution in [0, 0.1) is 23.7 Å². The van der Waals surface area contributed by atoms with Gasteiger partial charge in [0.25, 0.3) is 0 Å². The van der Waals surface area contributed by atoms with Crippen molar-refractivity contribution in [3.8, 4) is 23.7 Å². The molecule has 0 saturated carbocycles. The maximum atomic E-state index is 11.3. The number of hydrogen-bond acceptors (Lipinski definition) is 4. The molecule has 0 aliphatic rings. The molecule has 4 heteroatoms. The van der Waals surface area contributed by atoms with Gasteiger partial charge in [-0.15, -0.1) is 0 Å². The van der Waals surface area contributed by atoms with E-state index < -0.39 is 23.1 Å². The molecule has 0 rings (SSSR count). The summed E-state index contributed by atoms with van der Waals surface area (Å²) in [7, 11) is 0. The first-order valence-electron chi connectivity index (χ1n) is 6.93. The summed E-state index contributed by atoms with van der Waals surface area (Å²) in [5, 5.41) is 0. The Hall–Kier alpha value is -1.94. The minimum absolute atomic E-state index is 0.523. The summed E-state index contributed by atoms with van der Waals surface area (Å²) in [5.74, 6) is 9.24. The first kappa shape index (κ1) is 19.1. The average Bonchev–Trinajstić information content (AvgIpc) is 2.22. The number of ether oxygens (including phenoxy) is 2. The quantitative estimate of drug-likeness (QED) is 0.340. The zero-order valence-corrected chi connectivity index (χ0v) is 13.8. The van der Waals surface area contributed by atoms with Crippen LogP contribution >= 0.6 is 0 Å². The molecule has 21 heavy (non-hydrogen) atoms. The van der Waals surface area contributed by atoms with Gasteiger partial charge in [0.05, 0.1) is 0 Å². The second-order valence-corrected chi connectivity index (χ2v) is 6.46. The molecule has 0 unspecified atom stereocenters. The van der Waals surface area contributed by atoms with E-state index >= 15 is 0 Å². The van der Waals surface area contributed by atoms with E-state index in [1.807, 2.05) is 0 Å². The lowest BCUT2D eigenvalue weighted by Gasteiger charge is -2.16. The van der Waals surface area contributed by atoms with Crippen LogP contribution in [-0.2, 0) is 19.1 Å². The van der Waals surface area contributed by atoms with E-state index in [9.17, 15) is 9.59 Å². The SMILES string of the molecule is CC(C)(C)OC(=O)C#CCCCC#CC(=O)OC(C)(C)C. The van der Waals surface area contributed by atoms with E-state index in [-0.39, 0.29) is 0 Å². The van der Waals surface area contributed by atoms with Crippen molar-refractivity contribution >= 4 is 11.9 Å². The molecule has 0 spiro atoms. The van der Waals surface area contributed by atoms with Crippen molar-refractivity contribution in [2.75, 3.05) is 0 Å². The van der Waals surface area contributed by atoms with Gasteiger partial charge in [-0.05, 0) is 48.0 Å². The monoisotopic (exact) mass is 292 g/mol. The molecule has 0 aromatic rings. The van der Waals surface area contributed by atoms with Crippen molar-refractivity contribution in [2.45, 2.75) is 72.0 Å². The Morgan fingerprint density at radius 1 is 0.762 bits per heavy atom. The summed E-state index contributed by atoms with van der Waals surface area (Å²) < 4.78 is 10.1. The van der Waals surface area contributed by atoms with Crippen LogP contribution in [0.4, 0.5) is 0 Å². The van der Waals surface area contributed by atoms with Crippen molar-refractivity contribution in [1.82, 2.24) is 0 Å². The predicted octanol–water partition coefficient (Wildman–Crippen LogP) is 2.85. The lowest BCUT2D eigenvalue weighted by atomic mass is 10.2. The summed E-state index contributed by atoms with van der Waals surface area (Å²) in [5.41, 5.74) is -1.05. The van der Waals surface area contributed by atoms with E-state index in [1.165, 1.54) is 0 Å². The normalized spacial score (nSPS) is 10.6. The minimum atomic E-state index is -0.526. The second-order valence-electron chi connectivity index (χ2n) is 6.46. The Balaban J connectivity index is 3.94. The van der Waals surface area contributed by atoms with Crippen LogP contribution in [0.5, 0.6) is 0 Å². The minimum Gasteiger partial charge on any atom is -0.450 e. The van der Waals surface area contributed by atoms with Crippen LogP contribution in [-0.4, -0.2) is 23.1 Å². The van der Waals surface area contributed by atoms with Gasteiger partial charge in [0.15, 0.2) is 0 Å². The van der Waals surface area contributed by atoms with Gasteiger partial charge < -0.3 is 9.47 Å². The van der Waals surface area contributed by atoms with Crippen LogP contribution in [0.2, 0.25) is 0 Å². The van der Waals surface area contributed by atoms with Gasteiger partial charge in [0.1, 0.15) is 11.2 Å². The predicted molar refractivity (Wildman–Crippen MR) is 81.1 cm³/mol. The first-order valence-corrected chi connectivity index (χ1v) is 6.93. The molecule has 0 radical (unpaired) electrons. The van der Waals surface area contributed by atoms with Crippen molar-refractivity contribution < 1.29 is 19.1 Å². The van der Waals surface area contributed by atoms with Crippen LogP contribution in [0.25, 0.3) is 0 Å². The van der Waals surface area contributed by atoms with Gasteiger partial charge >= 0.3 is 11.9 Å². The molecular formula is C17H24O4. The number of unbranched alkanes of at least 4 members (excludes halogenated alkanes) is 2. The third-order valence-electron chi connectivity index (χ3n) is 1.78. The maximum absolute atomic E-state index is 11.3. The maximum Gasteiger partial charge on any atom is 0.384 e. The molecule has 0 N–H and O–H groups in total. The Labute approximate surface area is 127 Å². The smallest absolute Gasteiger partial charge is 0.384 e. The summed E-state index contributed by atoms with van der Waals surface area (Å²) in [6.07, 6.45) is 1.75. The summed E-state index contributed by atoms with van der Waals surface area (Å²) in [4.78, 5) is 22.6. The molecule has 0 atom stereocenters. The molecule has 0 aromatic heterocycles. The highest BCUT2D eigenvalue weighted by atomic mass is 16.6. The number of rotatable bonds is 2. The van der Waals surface area contributed by atoms with Gasteiger partial charge in [-0.1, -0.05) is 11.8 Å². The lowest BCUT2D eigenvalue weighted by molar-refractivity contribution is -0.148. The Morgan fingerprint density at radius 2 is 1.10 bits per heavy atom. The van der Waals surface area contributed by atoms with Crippen molar-refractivity contribution in [2.24, 2.45) is 0 Å². The number of carbonyl (C=O) groups is 2. The fraction of sp³-hybridized carbons (Fsp3) is 0.647. The largest absolute Gasteiger partial charge is 0.450 e. The van der Waals surface area contributed by atoms with E-state index in [0.29, 0.717) is 19.3 Å². The van der Waals surface area contributed by atoms with Crippen molar-refractivity contribution in [1.29, 1.82) is 0 Å². The number of hydrogen-bond donors (Lipinski definition) is 0. The standard InChI is InChI=1S/C17H24O4/c1-16(2,3)20-14(18)12-10-8-7-9-11-13-15(19)21-17(4,5)6/h7-9H2,1-6H3. The van der Waals surface area contributed by atoms with Gasteiger partial charge in [-0.3, -0.25) is 0 Å². The molecule has 0 saturated heterocycles. The zero-order valence-electron chi connectivity index (χ0n) is 13.8. The Bertz CT molecular complexity index is 435. The average molecular weight is 292 g/mol. The fourth-order valence-electron chi connectivity index (χ4n) is 1.14. The Morgan fingerprint density at radius 3 is 1.38 bits per heavy atom. The van der Waals surface area contributed by atoms with E-state index in [2.05, 4.69) is 23.7 Å². The zero-order chi connectivity index (χ0) is 16.5. The molecular weight excluding hydrogens is 268 g/mol. The van der Waals surface area contributed by atoms with E-state index in [4.69, 9.17) is 9.47 Å². The van der Waals surface area contributed by atoms with Crippen LogP contribution < -0.4 is 0 Å². The topological polar surface area (TPSA) is 52.6 Å². The molecule has 0 amide bonds. The lowest BCUT2D eigenvalue weighted by Crippen LogP contribution is -2.22. The van der Waals surface area contributed by atoms with Crippen molar-refractivity contribution in [3.63, 3.8) is 0 Å². The van der Waals surface area contributed by atoms with Crippen molar-refractivity contribution in [3.05, 3.63) is 0 Å².